The van der Waals surface area contributed by atoms with Crippen molar-refractivity contribution in [3.05, 3.63) is 175 Å². The zero-order valence-electron chi connectivity index (χ0n) is 24.9. The fraction of sp³-hybridized carbons (Fsp3) is 0. The fourth-order valence-electron chi connectivity index (χ4n) is 6.17. The second kappa shape index (κ2) is 11.6. The molecule has 1 heterocycles. The van der Waals surface area contributed by atoms with Gasteiger partial charge in [0.15, 0.2) is 5.69 Å². The van der Waals surface area contributed by atoms with Crippen molar-refractivity contribution in [3.63, 3.8) is 0 Å². The minimum absolute atomic E-state index is 0.649. The first-order valence-corrected chi connectivity index (χ1v) is 15.3. The third-order valence-electron chi connectivity index (χ3n) is 8.54. The van der Waals surface area contributed by atoms with Gasteiger partial charge < -0.3 is 0 Å². The van der Waals surface area contributed by atoms with Crippen molar-refractivity contribution in [2.45, 2.75) is 0 Å². The van der Waals surface area contributed by atoms with Crippen LogP contribution in [0.3, 0.4) is 0 Å². The van der Waals surface area contributed by atoms with Gasteiger partial charge in [0.1, 0.15) is 0 Å². The number of fused-ring (bicyclic) bond motifs is 2. The maximum Gasteiger partial charge on any atom is 0.187 e. The van der Waals surface area contributed by atoms with Gasteiger partial charge in [-0.1, -0.05) is 152 Å². The van der Waals surface area contributed by atoms with Crippen LogP contribution in [0.5, 0.6) is 0 Å². The minimum Gasteiger partial charge on any atom is -0.244 e. The summed E-state index contributed by atoms with van der Waals surface area (Å²) in [5.74, 6) is 0. The highest BCUT2D eigenvalue weighted by Crippen LogP contribution is 2.39. The van der Waals surface area contributed by atoms with Crippen LogP contribution < -0.4 is 0 Å². The molecule has 214 valence electrons. The average molecular weight is 586 g/mol. The van der Waals surface area contributed by atoms with Gasteiger partial charge in [0, 0.05) is 11.1 Å². The van der Waals surface area contributed by atoms with Crippen LogP contribution in [0.4, 0.5) is 5.69 Å². The number of hydrogen-bond donors (Lipinski definition) is 0. The Kier molecular flexibility index (Phi) is 6.87. The second-order valence-electron chi connectivity index (χ2n) is 11.3. The van der Waals surface area contributed by atoms with Gasteiger partial charge in [-0.3, -0.25) is 0 Å². The molecular weight excluding hydrogens is 558 g/mol. The molecule has 0 bridgehead atoms. The lowest BCUT2D eigenvalue weighted by Crippen LogP contribution is -1.97. The maximum absolute atomic E-state index is 7.22. The molecule has 8 rings (SSSR count). The first kappa shape index (κ1) is 27.2. The topological polar surface area (TPSA) is 30.1 Å². The summed E-state index contributed by atoms with van der Waals surface area (Å²) in [6.07, 6.45) is 0. The molecule has 3 heteroatoms. The van der Waals surface area contributed by atoms with Gasteiger partial charge in [0.05, 0.1) is 29.0 Å². The van der Waals surface area contributed by atoms with E-state index in [4.69, 9.17) is 16.5 Å². The zero-order valence-corrected chi connectivity index (χ0v) is 24.9. The molecule has 3 nitrogen and oxygen atoms in total. The zero-order chi connectivity index (χ0) is 30.9. The minimum atomic E-state index is 0.649. The van der Waals surface area contributed by atoms with Gasteiger partial charge in [0.2, 0.25) is 0 Å². The largest absolute Gasteiger partial charge is 0.244 e. The number of hydrogen-bond acceptors (Lipinski definition) is 2. The Morgan fingerprint density at radius 1 is 0.348 bits per heavy atom. The first-order chi connectivity index (χ1) is 22.7. The van der Waals surface area contributed by atoms with Crippen LogP contribution in [0.2, 0.25) is 0 Å². The van der Waals surface area contributed by atoms with Crippen LogP contribution in [0.1, 0.15) is 0 Å². The van der Waals surface area contributed by atoms with Crippen LogP contribution in [0.25, 0.3) is 82.5 Å². The summed E-state index contributed by atoms with van der Waals surface area (Å²) < 4.78 is 0. The van der Waals surface area contributed by atoms with E-state index in [9.17, 15) is 0 Å². The van der Waals surface area contributed by atoms with E-state index >= 15 is 0 Å². The molecule has 0 saturated carbocycles. The third kappa shape index (κ3) is 4.99. The molecule has 0 N–H and O–H groups in total. The number of para-hydroxylation sites is 2. The summed E-state index contributed by atoms with van der Waals surface area (Å²) in [5, 5.41) is 2.29. The van der Waals surface area contributed by atoms with Crippen LogP contribution in [0, 0.1) is 6.57 Å². The highest BCUT2D eigenvalue weighted by atomic mass is 14.8. The normalized spacial score (nSPS) is 11.0. The lowest BCUT2D eigenvalue weighted by molar-refractivity contribution is 1.30. The smallest absolute Gasteiger partial charge is 0.187 e. The highest BCUT2D eigenvalue weighted by molar-refractivity contribution is 6.06. The maximum atomic E-state index is 7.22. The fourth-order valence-corrected chi connectivity index (χ4v) is 6.17. The van der Waals surface area contributed by atoms with Gasteiger partial charge in [-0.25, -0.2) is 14.8 Å². The van der Waals surface area contributed by atoms with E-state index in [1.165, 1.54) is 11.1 Å². The Morgan fingerprint density at radius 2 is 0.783 bits per heavy atom. The molecule has 46 heavy (non-hydrogen) atoms. The molecule has 0 radical (unpaired) electrons. The van der Waals surface area contributed by atoms with Crippen LogP contribution in [-0.4, -0.2) is 9.97 Å². The molecule has 7 aromatic carbocycles. The van der Waals surface area contributed by atoms with E-state index in [-0.39, 0.29) is 0 Å². The van der Waals surface area contributed by atoms with E-state index in [1.807, 2.05) is 54.6 Å². The Balaban J connectivity index is 1.24. The Morgan fingerprint density at radius 3 is 1.39 bits per heavy atom. The monoisotopic (exact) mass is 585 g/mol. The van der Waals surface area contributed by atoms with Crippen molar-refractivity contribution in [1.82, 2.24) is 9.97 Å². The van der Waals surface area contributed by atoms with Crippen molar-refractivity contribution in [2.24, 2.45) is 0 Å². The predicted molar refractivity (Wildman–Crippen MR) is 190 cm³/mol. The molecule has 0 aliphatic carbocycles. The van der Waals surface area contributed by atoms with E-state index < -0.39 is 0 Å². The summed E-state index contributed by atoms with van der Waals surface area (Å²) >= 11 is 0. The average Bonchev–Trinajstić information content (AvgIpc) is 3.14. The van der Waals surface area contributed by atoms with Gasteiger partial charge >= 0.3 is 0 Å². The summed E-state index contributed by atoms with van der Waals surface area (Å²) in [4.78, 5) is 13.9. The number of nitrogens with zero attached hydrogens (tertiary/aromatic N) is 3. The molecule has 1 aromatic heterocycles. The Bertz CT molecular complexity index is 2390. The lowest BCUT2D eigenvalue weighted by Gasteiger charge is -2.15. The van der Waals surface area contributed by atoms with Crippen LogP contribution in [-0.2, 0) is 0 Å². The molecular formula is C43H27N3. The van der Waals surface area contributed by atoms with Crippen molar-refractivity contribution < 1.29 is 0 Å². The van der Waals surface area contributed by atoms with Crippen molar-refractivity contribution >= 4 is 27.5 Å². The third-order valence-corrected chi connectivity index (χ3v) is 8.54. The SMILES string of the molecule is [C-]#[N+]c1ccc(-c2ccc(-c3ccc(-c4nc5ccccc5nc4-c4ccc(-c5ccccc5)cc4)c4ccccc34)cc2)cc1. The molecule has 0 aliphatic heterocycles. The Labute approximate surface area is 267 Å². The standard InChI is InChI=1S/C43H27N3/c1-44-35-25-23-32(24-26-35)31-15-19-33(20-16-31)36-27-28-39(38-12-6-5-11-37(36)38)43-42(45-40-13-7-8-14-41(40)46-43)34-21-17-30(18-22-34)29-9-3-2-4-10-29/h2-28H. The summed E-state index contributed by atoms with van der Waals surface area (Å²) in [6.45, 7) is 7.22. The van der Waals surface area contributed by atoms with Gasteiger partial charge in [-0.2, -0.15) is 0 Å². The van der Waals surface area contributed by atoms with E-state index in [0.717, 1.165) is 66.6 Å². The molecule has 0 spiro atoms. The summed E-state index contributed by atoms with van der Waals surface area (Å²) in [7, 11) is 0. The van der Waals surface area contributed by atoms with Crippen molar-refractivity contribution in [1.29, 1.82) is 0 Å². The van der Waals surface area contributed by atoms with E-state index in [2.05, 4.69) is 114 Å². The first-order valence-electron chi connectivity index (χ1n) is 15.3. The lowest BCUT2D eigenvalue weighted by atomic mass is 9.91. The van der Waals surface area contributed by atoms with Crippen molar-refractivity contribution in [3.8, 4) is 55.9 Å². The summed E-state index contributed by atoms with van der Waals surface area (Å²) in [5.41, 5.74) is 13.1. The predicted octanol–water partition coefficient (Wildman–Crippen LogP) is 11.7. The summed E-state index contributed by atoms with van der Waals surface area (Å²) in [6, 6.07) is 56.5. The molecule has 0 amide bonds. The van der Waals surface area contributed by atoms with Gasteiger partial charge in [-0.15, -0.1) is 0 Å². The Hall–Kier alpha value is -6.37. The molecule has 0 fully saturated rings. The molecule has 8 aromatic rings. The quantitative estimate of drug-likeness (QED) is 0.188. The van der Waals surface area contributed by atoms with Gasteiger partial charge in [-0.05, 0) is 56.3 Å². The number of benzene rings is 7. The van der Waals surface area contributed by atoms with Crippen molar-refractivity contribution in [2.75, 3.05) is 0 Å². The number of rotatable bonds is 5. The van der Waals surface area contributed by atoms with E-state index in [1.54, 1.807) is 0 Å². The molecule has 0 unspecified atom stereocenters. The molecule has 0 saturated heterocycles. The van der Waals surface area contributed by atoms with Gasteiger partial charge in [0.25, 0.3) is 0 Å². The second-order valence-corrected chi connectivity index (χ2v) is 11.3. The van der Waals surface area contributed by atoms with Crippen LogP contribution in [0.15, 0.2) is 164 Å². The molecule has 0 atom stereocenters. The molecule has 0 aliphatic rings. The number of aromatic nitrogens is 2. The van der Waals surface area contributed by atoms with E-state index in [0.29, 0.717) is 5.69 Å². The van der Waals surface area contributed by atoms with Crippen LogP contribution >= 0.6 is 0 Å². The highest BCUT2D eigenvalue weighted by Gasteiger charge is 2.17.